The van der Waals surface area contributed by atoms with E-state index in [9.17, 15) is 4.79 Å². The van der Waals surface area contributed by atoms with E-state index >= 15 is 0 Å². The number of carbonyl (C=O) groups is 1. The van der Waals surface area contributed by atoms with Crippen LogP contribution in [-0.2, 0) is 6.54 Å². The Kier molecular flexibility index (Phi) is 4.81. The van der Waals surface area contributed by atoms with Gasteiger partial charge in [-0.25, -0.2) is 0 Å². The smallest absolute Gasteiger partial charge is 0.257 e. The van der Waals surface area contributed by atoms with Crippen LogP contribution in [0.5, 0.6) is 0 Å². The minimum atomic E-state index is 0.0778. The Hall–Kier alpha value is -2.51. The van der Waals surface area contributed by atoms with Crippen LogP contribution in [0.2, 0.25) is 0 Å². The molecule has 7 heteroatoms. The van der Waals surface area contributed by atoms with E-state index in [0.717, 1.165) is 38.3 Å². The molecular formula is C19H20N4O2S. The topological polar surface area (TPSA) is 62.5 Å². The van der Waals surface area contributed by atoms with E-state index in [0.29, 0.717) is 17.3 Å². The van der Waals surface area contributed by atoms with Gasteiger partial charge >= 0.3 is 0 Å². The lowest BCUT2D eigenvalue weighted by molar-refractivity contribution is 0.0629. The minimum Gasteiger partial charge on any atom is -0.336 e. The number of thiophene rings is 1. The molecule has 1 aliphatic heterocycles. The molecule has 4 rings (SSSR count). The first-order valence-electron chi connectivity index (χ1n) is 8.64. The molecule has 1 saturated heterocycles. The summed E-state index contributed by atoms with van der Waals surface area (Å²) in [5.41, 5.74) is 1.51. The molecule has 3 heterocycles. The number of piperazine rings is 1. The summed E-state index contributed by atoms with van der Waals surface area (Å²) in [6, 6.07) is 11.6. The van der Waals surface area contributed by atoms with Gasteiger partial charge in [0.15, 0.2) is 5.82 Å². The summed E-state index contributed by atoms with van der Waals surface area (Å²) in [5, 5.41) is 5.90. The van der Waals surface area contributed by atoms with Crippen molar-refractivity contribution < 1.29 is 9.32 Å². The predicted octanol–water partition coefficient (Wildman–Crippen LogP) is 3.06. The molecule has 0 N–H and O–H groups in total. The van der Waals surface area contributed by atoms with Crippen molar-refractivity contribution in [2.75, 3.05) is 26.2 Å². The zero-order chi connectivity index (χ0) is 17.9. The van der Waals surface area contributed by atoms with E-state index in [-0.39, 0.29) is 5.91 Å². The van der Waals surface area contributed by atoms with E-state index in [1.807, 2.05) is 29.2 Å². The largest absolute Gasteiger partial charge is 0.336 e. The number of rotatable bonds is 4. The zero-order valence-corrected chi connectivity index (χ0v) is 15.4. The highest BCUT2D eigenvalue weighted by Gasteiger charge is 2.22. The number of aryl methyl sites for hydroxylation is 1. The lowest BCUT2D eigenvalue weighted by Gasteiger charge is -2.34. The van der Waals surface area contributed by atoms with Gasteiger partial charge in [-0.3, -0.25) is 9.69 Å². The third-order valence-corrected chi connectivity index (χ3v) is 5.39. The van der Waals surface area contributed by atoms with Crippen molar-refractivity contribution in [1.82, 2.24) is 19.9 Å². The quantitative estimate of drug-likeness (QED) is 0.708. The number of carbonyl (C=O) groups excluding carboxylic acids is 1. The van der Waals surface area contributed by atoms with Gasteiger partial charge < -0.3 is 9.42 Å². The lowest BCUT2D eigenvalue weighted by atomic mass is 10.1. The van der Waals surface area contributed by atoms with Crippen molar-refractivity contribution in [2.45, 2.75) is 13.5 Å². The Bertz CT molecular complexity index is 865. The summed E-state index contributed by atoms with van der Waals surface area (Å²) >= 11 is 1.78. The molecule has 3 aromatic rings. The minimum absolute atomic E-state index is 0.0778. The molecular weight excluding hydrogens is 348 g/mol. The van der Waals surface area contributed by atoms with Crippen LogP contribution in [0.25, 0.3) is 11.5 Å². The van der Waals surface area contributed by atoms with Gasteiger partial charge in [0.25, 0.3) is 11.8 Å². The van der Waals surface area contributed by atoms with Gasteiger partial charge in [-0.15, -0.1) is 11.3 Å². The fraction of sp³-hybridized carbons (Fsp3) is 0.316. The first-order chi connectivity index (χ1) is 12.7. The number of nitrogens with zero attached hydrogens (tertiary/aromatic N) is 4. The molecule has 134 valence electrons. The predicted molar refractivity (Wildman–Crippen MR) is 100.0 cm³/mol. The van der Waals surface area contributed by atoms with Crippen LogP contribution >= 0.6 is 11.3 Å². The molecule has 0 radical (unpaired) electrons. The van der Waals surface area contributed by atoms with Crippen LogP contribution in [0.4, 0.5) is 0 Å². The maximum Gasteiger partial charge on any atom is 0.257 e. The van der Waals surface area contributed by atoms with Crippen molar-refractivity contribution in [3.63, 3.8) is 0 Å². The molecule has 0 spiro atoms. The third kappa shape index (κ3) is 3.68. The molecule has 0 bridgehead atoms. The van der Waals surface area contributed by atoms with Crippen LogP contribution in [0, 0.1) is 6.92 Å². The van der Waals surface area contributed by atoms with Crippen LogP contribution in [0.15, 0.2) is 46.3 Å². The van der Waals surface area contributed by atoms with Gasteiger partial charge in [-0.2, -0.15) is 4.98 Å². The summed E-state index contributed by atoms with van der Waals surface area (Å²) < 4.78 is 5.16. The Labute approximate surface area is 156 Å². The average Bonchev–Trinajstić information content (AvgIpc) is 3.34. The standard InChI is InChI=1S/C19H20N4O2S/c1-14-20-18(25-21-14)15-4-6-16(7-5-15)19(24)23-10-8-22(9-11-23)13-17-3-2-12-26-17/h2-7,12H,8-11,13H2,1H3. The highest BCUT2D eigenvalue weighted by molar-refractivity contribution is 7.09. The van der Waals surface area contributed by atoms with E-state index in [1.54, 1.807) is 18.3 Å². The summed E-state index contributed by atoms with van der Waals surface area (Å²) in [6.45, 7) is 6.08. The first kappa shape index (κ1) is 16.9. The molecule has 1 aromatic carbocycles. The highest BCUT2D eigenvalue weighted by Crippen LogP contribution is 2.19. The van der Waals surface area contributed by atoms with E-state index in [1.165, 1.54) is 4.88 Å². The van der Waals surface area contributed by atoms with Gasteiger partial charge in [-0.05, 0) is 42.6 Å². The molecule has 0 atom stereocenters. The number of hydrogen-bond acceptors (Lipinski definition) is 6. The molecule has 26 heavy (non-hydrogen) atoms. The van der Waals surface area contributed by atoms with Gasteiger partial charge in [0.2, 0.25) is 0 Å². The fourth-order valence-corrected chi connectivity index (χ4v) is 3.83. The van der Waals surface area contributed by atoms with Gasteiger partial charge in [0.05, 0.1) is 0 Å². The fourth-order valence-electron chi connectivity index (χ4n) is 3.08. The van der Waals surface area contributed by atoms with E-state index in [4.69, 9.17) is 4.52 Å². The number of aromatic nitrogens is 2. The summed E-state index contributed by atoms with van der Waals surface area (Å²) in [5.74, 6) is 1.15. The Balaban J connectivity index is 1.36. The SMILES string of the molecule is Cc1noc(-c2ccc(C(=O)N3CCN(Cc4cccs4)CC3)cc2)n1. The molecule has 2 aromatic heterocycles. The van der Waals surface area contributed by atoms with Gasteiger partial charge in [0.1, 0.15) is 0 Å². The molecule has 0 saturated carbocycles. The number of amides is 1. The van der Waals surface area contributed by atoms with E-state index in [2.05, 4.69) is 32.6 Å². The lowest BCUT2D eigenvalue weighted by Crippen LogP contribution is -2.48. The second-order valence-electron chi connectivity index (χ2n) is 6.37. The highest BCUT2D eigenvalue weighted by atomic mass is 32.1. The molecule has 1 amide bonds. The maximum absolute atomic E-state index is 12.7. The molecule has 0 aliphatic carbocycles. The normalized spacial score (nSPS) is 15.3. The third-order valence-electron chi connectivity index (χ3n) is 4.53. The molecule has 1 aliphatic rings. The molecule has 0 unspecified atom stereocenters. The second-order valence-corrected chi connectivity index (χ2v) is 7.40. The van der Waals surface area contributed by atoms with Crippen LogP contribution < -0.4 is 0 Å². The molecule has 1 fully saturated rings. The van der Waals surface area contributed by atoms with Crippen molar-refractivity contribution in [1.29, 1.82) is 0 Å². The second kappa shape index (κ2) is 7.39. The maximum atomic E-state index is 12.7. The Morgan fingerprint density at radius 3 is 2.54 bits per heavy atom. The van der Waals surface area contributed by atoms with Crippen molar-refractivity contribution in [3.8, 4) is 11.5 Å². The van der Waals surface area contributed by atoms with Crippen molar-refractivity contribution in [3.05, 3.63) is 58.0 Å². The van der Waals surface area contributed by atoms with Crippen LogP contribution in [-0.4, -0.2) is 52.0 Å². The van der Waals surface area contributed by atoms with Gasteiger partial charge in [-0.1, -0.05) is 11.2 Å². The first-order valence-corrected chi connectivity index (χ1v) is 9.52. The van der Waals surface area contributed by atoms with Crippen LogP contribution in [0.1, 0.15) is 21.1 Å². The van der Waals surface area contributed by atoms with Crippen molar-refractivity contribution in [2.24, 2.45) is 0 Å². The number of hydrogen-bond donors (Lipinski definition) is 0. The summed E-state index contributed by atoms with van der Waals surface area (Å²) in [6.07, 6.45) is 0. The Morgan fingerprint density at radius 2 is 1.92 bits per heavy atom. The monoisotopic (exact) mass is 368 g/mol. The summed E-state index contributed by atoms with van der Waals surface area (Å²) in [7, 11) is 0. The zero-order valence-electron chi connectivity index (χ0n) is 14.6. The number of benzene rings is 1. The average molecular weight is 368 g/mol. The molecule has 6 nitrogen and oxygen atoms in total. The Morgan fingerprint density at radius 1 is 1.15 bits per heavy atom. The van der Waals surface area contributed by atoms with E-state index < -0.39 is 0 Å². The van der Waals surface area contributed by atoms with Crippen LogP contribution in [0.3, 0.4) is 0 Å². The van der Waals surface area contributed by atoms with Gasteiger partial charge in [0, 0.05) is 48.7 Å². The van der Waals surface area contributed by atoms with Crippen molar-refractivity contribution >= 4 is 17.2 Å². The summed E-state index contributed by atoms with van der Waals surface area (Å²) in [4.78, 5) is 22.6.